The normalized spacial score (nSPS) is 29.0. The maximum Gasteiger partial charge on any atom is 0.211 e. The molecule has 0 amide bonds. The minimum Gasteiger partial charge on any atom is -0.351 e. The predicted octanol–water partition coefficient (Wildman–Crippen LogP) is -0.964. The Bertz CT molecular complexity index is 254. The van der Waals surface area contributed by atoms with Crippen molar-refractivity contribution >= 4 is 18.0 Å². The minimum atomic E-state index is -3.05. The Morgan fingerprint density at radius 2 is 2.00 bits per heavy atom. The van der Waals surface area contributed by atoms with E-state index in [1.165, 1.54) is 10.6 Å². The first kappa shape index (κ1) is 10.0. The van der Waals surface area contributed by atoms with Gasteiger partial charge in [0.05, 0.1) is 6.26 Å². The zero-order valence-electron chi connectivity index (χ0n) is 7.40. The van der Waals surface area contributed by atoms with Crippen molar-refractivity contribution in [3.63, 3.8) is 0 Å². The number of hydrogen-bond donors (Lipinski definition) is 0. The SMILES string of the molecule is [B]N1CCN(S(C)(=O)=O)C(C)C1. The number of rotatable bonds is 1. The van der Waals surface area contributed by atoms with Gasteiger partial charge in [0.1, 0.15) is 0 Å². The summed E-state index contributed by atoms with van der Waals surface area (Å²) in [6, 6.07) is -0.0150. The lowest BCUT2D eigenvalue weighted by Gasteiger charge is -2.36. The van der Waals surface area contributed by atoms with E-state index in [2.05, 4.69) is 0 Å². The lowest BCUT2D eigenvalue weighted by atomic mass is 10.2. The molecule has 1 aliphatic rings. The van der Waals surface area contributed by atoms with Gasteiger partial charge in [-0.3, -0.25) is 0 Å². The highest BCUT2D eigenvalue weighted by Gasteiger charge is 2.27. The quantitative estimate of drug-likeness (QED) is 0.497. The Labute approximate surface area is 75.0 Å². The lowest BCUT2D eigenvalue weighted by Crippen LogP contribution is -2.52. The molecule has 1 unspecified atom stereocenters. The highest BCUT2D eigenvalue weighted by molar-refractivity contribution is 7.88. The van der Waals surface area contributed by atoms with Crippen LogP contribution in [-0.2, 0) is 10.0 Å². The van der Waals surface area contributed by atoms with Crippen molar-refractivity contribution in [2.75, 3.05) is 25.9 Å². The van der Waals surface area contributed by atoms with Crippen molar-refractivity contribution in [1.29, 1.82) is 0 Å². The lowest BCUT2D eigenvalue weighted by molar-refractivity contribution is 0.218. The molecule has 1 heterocycles. The van der Waals surface area contributed by atoms with Crippen LogP contribution in [0.3, 0.4) is 0 Å². The van der Waals surface area contributed by atoms with Gasteiger partial charge in [0.25, 0.3) is 0 Å². The van der Waals surface area contributed by atoms with Gasteiger partial charge in [-0.2, -0.15) is 4.31 Å². The number of sulfonamides is 1. The molecule has 0 bridgehead atoms. The van der Waals surface area contributed by atoms with E-state index < -0.39 is 10.0 Å². The second-order valence-corrected chi connectivity index (χ2v) is 5.15. The van der Waals surface area contributed by atoms with E-state index in [9.17, 15) is 8.42 Å². The Balaban J connectivity index is 2.69. The van der Waals surface area contributed by atoms with Crippen molar-refractivity contribution in [2.24, 2.45) is 0 Å². The molecule has 6 heteroatoms. The number of piperazine rings is 1. The smallest absolute Gasteiger partial charge is 0.211 e. The molecule has 0 N–H and O–H groups in total. The largest absolute Gasteiger partial charge is 0.351 e. The van der Waals surface area contributed by atoms with Gasteiger partial charge in [0.15, 0.2) is 7.98 Å². The summed E-state index contributed by atoms with van der Waals surface area (Å²) < 4.78 is 23.8. The van der Waals surface area contributed by atoms with Crippen LogP contribution in [0.5, 0.6) is 0 Å². The van der Waals surface area contributed by atoms with Gasteiger partial charge in [-0.25, -0.2) is 8.42 Å². The molecule has 0 saturated carbocycles. The number of nitrogens with zero attached hydrogens (tertiary/aromatic N) is 2. The van der Waals surface area contributed by atoms with Crippen molar-refractivity contribution < 1.29 is 8.42 Å². The van der Waals surface area contributed by atoms with Gasteiger partial charge in [-0.05, 0) is 6.92 Å². The maximum atomic E-state index is 11.2. The standard InChI is InChI=1S/C6H13BN2O2S/c1-6-5-8(7)3-4-9(6)12(2,10)11/h6H,3-5H2,1-2H3. The molecule has 2 radical (unpaired) electrons. The van der Waals surface area contributed by atoms with Crippen molar-refractivity contribution in [2.45, 2.75) is 13.0 Å². The fraction of sp³-hybridized carbons (Fsp3) is 1.00. The van der Waals surface area contributed by atoms with Gasteiger partial charge in [-0.15, -0.1) is 0 Å². The minimum absolute atomic E-state index is 0.0150. The third-order valence-corrected chi connectivity index (χ3v) is 3.42. The monoisotopic (exact) mass is 188 g/mol. The third kappa shape index (κ3) is 2.21. The summed E-state index contributed by atoms with van der Waals surface area (Å²) in [5, 5.41) is 0. The van der Waals surface area contributed by atoms with Crippen molar-refractivity contribution in [1.82, 2.24) is 9.12 Å². The van der Waals surface area contributed by atoms with E-state index in [4.69, 9.17) is 7.98 Å². The molecule has 0 aromatic carbocycles. The van der Waals surface area contributed by atoms with E-state index >= 15 is 0 Å². The molecule has 1 rings (SSSR count). The van der Waals surface area contributed by atoms with Crippen molar-refractivity contribution in [3.8, 4) is 0 Å². The van der Waals surface area contributed by atoms with Crippen LogP contribution >= 0.6 is 0 Å². The van der Waals surface area contributed by atoms with Crippen LogP contribution in [0.4, 0.5) is 0 Å². The summed E-state index contributed by atoms with van der Waals surface area (Å²) in [5.41, 5.74) is 0. The molecule has 0 aromatic heterocycles. The first-order valence-corrected chi connectivity index (χ1v) is 5.72. The Morgan fingerprint density at radius 1 is 1.42 bits per heavy atom. The first-order chi connectivity index (χ1) is 5.41. The molecule has 0 aliphatic carbocycles. The molecule has 1 fully saturated rings. The van der Waals surface area contributed by atoms with E-state index in [0.717, 1.165) is 0 Å². The average molecular weight is 188 g/mol. The molecular formula is C6H13BN2O2S. The highest BCUT2D eigenvalue weighted by Crippen LogP contribution is 2.10. The van der Waals surface area contributed by atoms with Crippen molar-refractivity contribution in [3.05, 3.63) is 0 Å². The van der Waals surface area contributed by atoms with Gasteiger partial charge >= 0.3 is 0 Å². The topological polar surface area (TPSA) is 40.6 Å². The third-order valence-electron chi connectivity index (χ3n) is 2.02. The van der Waals surface area contributed by atoms with Crippen LogP contribution in [0.2, 0.25) is 0 Å². The average Bonchev–Trinajstić information content (AvgIpc) is 1.83. The van der Waals surface area contributed by atoms with E-state index in [1.54, 1.807) is 4.81 Å². The van der Waals surface area contributed by atoms with Gasteiger partial charge in [0.2, 0.25) is 10.0 Å². The summed E-state index contributed by atoms with van der Waals surface area (Å²) in [7, 11) is 2.50. The zero-order chi connectivity index (χ0) is 9.35. The Kier molecular flexibility index (Phi) is 2.80. The van der Waals surface area contributed by atoms with Crippen LogP contribution in [0.1, 0.15) is 6.92 Å². The predicted molar refractivity (Wildman–Crippen MR) is 48.3 cm³/mol. The molecule has 0 aromatic rings. The summed E-state index contributed by atoms with van der Waals surface area (Å²) in [6.45, 7) is 3.57. The summed E-state index contributed by atoms with van der Waals surface area (Å²) in [5.74, 6) is 0. The molecule has 0 spiro atoms. The zero-order valence-corrected chi connectivity index (χ0v) is 8.21. The fourth-order valence-corrected chi connectivity index (χ4v) is 2.60. The van der Waals surface area contributed by atoms with Crippen LogP contribution in [0.15, 0.2) is 0 Å². The second-order valence-electron chi connectivity index (χ2n) is 3.22. The van der Waals surface area contributed by atoms with Gasteiger partial charge < -0.3 is 4.81 Å². The maximum absolute atomic E-state index is 11.2. The molecule has 12 heavy (non-hydrogen) atoms. The van der Waals surface area contributed by atoms with Gasteiger partial charge in [0, 0.05) is 25.7 Å². The number of hydrogen-bond acceptors (Lipinski definition) is 3. The van der Waals surface area contributed by atoms with E-state index in [0.29, 0.717) is 19.6 Å². The summed E-state index contributed by atoms with van der Waals surface area (Å²) >= 11 is 0. The first-order valence-electron chi connectivity index (χ1n) is 3.87. The molecular weight excluding hydrogens is 175 g/mol. The van der Waals surface area contributed by atoms with Gasteiger partial charge in [-0.1, -0.05) is 0 Å². The summed E-state index contributed by atoms with van der Waals surface area (Å²) in [4.78, 5) is 1.65. The fourth-order valence-electron chi connectivity index (χ4n) is 1.46. The van der Waals surface area contributed by atoms with E-state index in [-0.39, 0.29) is 6.04 Å². The van der Waals surface area contributed by atoms with Crippen LogP contribution in [0.25, 0.3) is 0 Å². The van der Waals surface area contributed by atoms with Crippen LogP contribution < -0.4 is 0 Å². The van der Waals surface area contributed by atoms with Crippen LogP contribution in [-0.4, -0.2) is 57.4 Å². The molecule has 1 saturated heterocycles. The molecule has 68 valence electrons. The Hall–Kier alpha value is -0.0651. The highest BCUT2D eigenvalue weighted by atomic mass is 32.2. The molecule has 1 atom stereocenters. The summed E-state index contributed by atoms with van der Waals surface area (Å²) in [6.07, 6.45) is 1.23. The second kappa shape index (κ2) is 3.36. The van der Waals surface area contributed by atoms with Crippen LogP contribution in [0, 0.1) is 0 Å². The molecule has 1 aliphatic heterocycles. The molecule has 4 nitrogen and oxygen atoms in total. The van der Waals surface area contributed by atoms with E-state index in [1.807, 2.05) is 6.92 Å². The Morgan fingerprint density at radius 3 is 2.42 bits per heavy atom.